The number of hydrogen-bond donors (Lipinski definition) is 1. The molecular weight excluding hydrogens is 261 g/mol. The smallest absolute Gasteiger partial charge is 0.261 e. The van der Waals surface area contributed by atoms with Gasteiger partial charge in [0.25, 0.3) is 5.89 Å². The van der Waals surface area contributed by atoms with E-state index in [0.717, 1.165) is 0 Å². The van der Waals surface area contributed by atoms with E-state index in [0.29, 0.717) is 0 Å². The minimum Gasteiger partial charge on any atom is -0.383 e. The third-order valence-electron chi connectivity index (χ3n) is 2.30. The third-order valence-corrected chi connectivity index (χ3v) is 2.59. The normalized spacial score (nSPS) is 12.7. The molecule has 0 bridgehead atoms. The summed E-state index contributed by atoms with van der Waals surface area (Å²) in [5, 5.41) is 3.67. The summed E-state index contributed by atoms with van der Waals surface area (Å²) < 4.78 is 23.6. The van der Waals surface area contributed by atoms with Crippen LogP contribution >= 0.6 is 11.6 Å². The summed E-state index contributed by atoms with van der Waals surface area (Å²) in [7, 11) is 1.51. The molecule has 0 saturated heterocycles. The molecule has 1 atom stereocenters. The quantitative estimate of drug-likeness (QED) is 0.922. The molecule has 1 heterocycles. The minimum absolute atomic E-state index is 0.00607. The van der Waals surface area contributed by atoms with Crippen molar-refractivity contribution in [2.24, 2.45) is 5.73 Å². The molecule has 0 aliphatic heterocycles. The Morgan fingerprint density at radius 1 is 1.56 bits per heavy atom. The summed E-state index contributed by atoms with van der Waals surface area (Å²) >= 11 is 5.67. The average molecular weight is 272 g/mol. The summed E-state index contributed by atoms with van der Waals surface area (Å²) in [6, 6.07) is 4.02. The second-order valence-electron chi connectivity index (χ2n) is 3.62. The molecule has 2 aromatic rings. The van der Waals surface area contributed by atoms with E-state index in [4.69, 9.17) is 26.6 Å². The lowest BCUT2D eigenvalue weighted by atomic mass is 10.2. The maximum Gasteiger partial charge on any atom is 0.261 e. The highest BCUT2D eigenvalue weighted by atomic mass is 35.5. The Morgan fingerprint density at radius 3 is 3.06 bits per heavy atom. The van der Waals surface area contributed by atoms with Crippen LogP contribution in [0, 0.1) is 5.82 Å². The van der Waals surface area contributed by atoms with Gasteiger partial charge < -0.3 is 15.0 Å². The van der Waals surface area contributed by atoms with Crippen molar-refractivity contribution in [2.45, 2.75) is 6.04 Å². The van der Waals surface area contributed by atoms with Crippen LogP contribution in [0.3, 0.4) is 0 Å². The van der Waals surface area contributed by atoms with Crippen molar-refractivity contribution in [3.05, 3.63) is 34.9 Å². The lowest BCUT2D eigenvalue weighted by Crippen LogP contribution is -2.17. The van der Waals surface area contributed by atoms with Crippen molar-refractivity contribution in [3.8, 4) is 11.5 Å². The minimum atomic E-state index is -0.602. The van der Waals surface area contributed by atoms with Gasteiger partial charge in [0.15, 0.2) is 11.6 Å². The van der Waals surface area contributed by atoms with E-state index < -0.39 is 11.9 Å². The van der Waals surface area contributed by atoms with Crippen LogP contribution in [0.25, 0.3) is 11.5 Å². The van der Waals surface area contributed by atoms with Crippen LogP contribution < -0.4 is 5.73 Å². The van der Waals surface area contributed by atoms with Gasteiger partial charge in [-0.3, -0.25) is 0 Å². The average Bonchev–Trinajstić information content (AvgIpc) is 2.82. The van der Waals surface area contributed by atoms with E-state index in [1.807, 2.05) is 0 Å². The van der Waals surface area contributed by atoms with Gasteiger partial charge in [-0.15, -0.1) is 0 Å². The van der Waals surface area contributed by atoms with Crippen molar-refractivity contribution in [2.75, 3.05) is 13.7 Å². The zero-order valence-electron chi connectivity index (χ0n) is 9.56. The maximum absolute atomic E-state index is 13.7. The first kappa shape index (κ1) is 12.9. The van der Waals surface area contributed by atoms with Crippen LogP contribution in [0.4, 0.5) is 4.39 Å². The first-order valence-corrected chi connectivity index (χ1v) is 5.53. The molecule has 0 radical (unpaired) electrons. The monoisotopic (exact) mass is 271 g/mol. The van der Waals surface area contributed by atoms with Crippen molar-refractivity contribution in [3.63, 3.8) is 0 Å². The standard InChI is InChI=1S/C11H11ClFN3O2/c1-17-5-8(14)10-15-11(18-16-10)6-3-2-4-7(12)9(6)13/h2-4,8H,5,14H2,1H3. The zero-order valence-corrected chi connectivity index (χ0v) is 10.3. The molecule has 96 valence electrons. The first-order valence-electron chi connectivity index (χ1n) is 5.16. The van der Waals surface area contributed by atoms with E-state index in [9.17, 15) is 4.39 Å². The fourth-order valence-corrected chi connectivity index (χ4v) is 1.59. The fourth-order valence-electron chi connectivity index (χ4n) is 1.42. The fraction of sp³-hybridized carbons (Fsp3) is 0.273. The number of rotatable bonds is 4. The van der Waals surface area contributed by atoms with E-state index >= 15 is 0 Å². The van der Waals surface area contributed by atoms with Crippen LogP contribution in [-0.4, -0.2) is 23.9 Å². The number of halogens is 2. The molecule has 0 fully saturated rings. The summed E-state index contributed by atoms with van der Waals surface area (Å²) in [6.07, 6.45) is 0. The second kappa shape index (κ2) is 5.43. The molecule has 7 heteroatoms. The van der Waals surface area contributed by atoms with Crippen LogP contribution in [0.5, 0.6) is 0 Å². The Hall–Kier alpha value is -1.50. The van der Waals surface area contributed by atoms with Gasteiger partial charge in [-0.25, -0.2) is 4.39 Å². The van der Waals surface area contributed by atoms with Gasteiger partial charge in [0.1, 0.15) is 0 Å². The molecule has 1 aromatic carbocycles. The van der Waals surface area contributed by atoms with Gasteiger partial charge >= 0.3 is 0 Å². The van der Waals surface area contributed by atoms with Gasteiger partial charge in [0.05, 0.1) is 23.2 Å². The molecular formula is C11H11ClFN3O2. The largest absolute Gasteiger partial charge is 0.383 e. The van der Waals surface area contributed by atoms with Crippen molar-refractivity contribution in [1.82, 2.24) is 10.1 Å². The van der Waals surface area contributed by atoms with Crippen molar-refractivity contribution >= 4 is 11.6 Å². The van der Waals surface area contributed by atoms with Gasteiger partial charge in [-0.05, 0) is 12.1 Å². The van der Waals surface area contributed by atoms with Gasteiger partial charge in [0, 0.05) is 7.11 Å². The van der Waals surface area contributed by atoms with E-state index in [1.54, 1.807) is 6.07 Å². The van der Waals surface area contributed by atoms with E-state index in [2.05, 4.69) is 10.1 Å². The summed E-state index contributed by atoms with van der Waals surface area (Å²) in [4.78, 5) is 4.02. The third kappa shape index (κ3) is 2.50. The highest BCUT2D eigenvalue weighted by Crippen LogP contribution is 2.26. The van der Waals surface area contributed by atoms with Gasteiger partial charge in [-0.1, -0.05) is 22.8 Å². The molecule has 0 saturated carbocycles. The Balaban J connectivity index is 2.32. The van der Waals surface area contributed by atoms with Crippen LogP contribution in [0.15, 0.2) is 22.7 Å². The highest BCUT2D eigenvalue weighted by molar-refractivity contribution is 6.31. The van der Waals surface area contributed by atoms with Crippen LogP contribution in [0.1, 0.15) is 11.9 Å². The number of ether oxygens (including phenoxy) is 1. The Labute approximate surface area is 108 Å². The first-order chi connectivity index (χ1) is 8.63. The molecule has 18 heavy (non-hydrogen) atoms. The van der Waals surface area contributed by atoms with Crippen LogP contribution in [0.2, 0.25) is 5.02 Å². The highest BCUT2D eigenvalue weighted by Gasteiger charge is 2.18. The predicted molar refractivity (Wildman–Crippen MR) is 63.5 cm³/mol. The van der Waals surface area contributed by atoms with Gasteiger partial charge in [-0.2, -0.15) is 4.98 Å². The van der Waals surface area contributed by atoms with Crippen LogP contribution in [-0.2, 0) is 4.74 Å². The number of hydrogen-bond acceptors (Lipinski definition) is 5. The molecule has 5 nitrogen and oxygen atoms in total. The van der Waals surface area contributed by atoms with Crippen molar-refractivity contribution < 1.29 is 13.7 Å². The molecule has 1 unspecified atom stereocenters. The lowest BCUT2D eigenvalue weighted by molar-refractivity contribution is 0.177. The molecule has 0 spiro atoms. The molecule has 0 amide bonds. The molecule has 2 N–H and O–H groups in total. The van der Waals surface area contributed by atoms with E-state index in [1.165, 1.54) is 19.2 Å². The lowest BCUT2D eigenvalue weighted by Gasteiger charge is -2.03. The second-order valence-corrected chi connectivity index (χ2v) is 4.03. The zero-order chi connectivity index (χ0) is 13.1. The Morgan fingerprint density at radius 2 is 2.33 bits per heavy atom. The van der Waals surface area contributed by atoms with E-state index in [-0.39, 0.29) is 28.9 Å². The predicted octanol–water partition coefficient (Wildman–Crippen LogP) is 2.18. The number of nitrogens with two attached hydrogens (primary N) is 1. The SMILES string of the molecule is COCC(N)c1noc(-c2cccc(Cl)c2F)n1. The van der Waals surface area contributed by atoms with Gasteiger partial charge in [0.2, 0.25) is 0 Å². The Kier molecular flexibility index (Phi) is 3.90. The number of nitrogens with zero attached hydrogens (tertiary/aromatic N) is 2. The van der Waals surface area contributed by atoms with Crippen molar-refractivity contribution in [1.29, 1.82) is 0 Å². The summed E-state index contributed by atoms with van der Waals surface area (Å²) in [5.41, 5.74) is 5.88. The molecule has 2 rings (SSSR count). The summed E-state index contributed by atoms with van der Waals surface area (Å²) in [6.45, 7) is 0.247. The topological polar surface area (TPSA) is 74.2 Å². The summed E-state index contributed by atoms with van der Waals surface area (Å²) in [5.74, 6) is -0.308. The number of benzene rings is 1. The molecule has 0 aliphatic carbocycles. The number of methoxy groups -OCH3 is 1. The number of aromatic nitrogens is 2. The molecule has 0 aliphatic rings. The molecule has 1 aromatic heterocycles. The maximum atomic E-state index is 13.7. The Bertz CT molecular complexity index is 547.